The molecule has 22 heavy (non-hydrogen) atoms. The Kier molecular flexibility index (Phi) is 7.41. The van der Waals surface area contributed by atoms with Crippen molar-refractivity contribution in [3.05, 3.63) is 59.7 Å². The Morgan fingerprint density at radius 1 is 0.818 bits per heavy atom. The zero-order chi connectivity index (χ0) is 15.8. The number of hydrogen-bond donors (Lipinski definition) is 0. The molecule has 2 aromatic rings. The average Bonchev–Trinajstić information content (AvgIpc) is 2.53. The number of hydrogen-bond acceptors (Lipinski definition) is 2. The van der Waals surface area contributed by atoms with Crippen molar-refractivity contribution in [1.82, 2.24) is 0 Å². The van der Waals surface area contributed by atoms with E-state index in [9.17, 15) is 0 Å². The first-order chi connectivity index (χ1) is 10.7. The van der Waals surface area contributed by atoms with E-state index in [0.717, 1.165) is 0 Å². The maximum absolute atomic E-state index is 2.28. The van der Waals surface area contributed by atoms with Crippen LogP contribution in [0.3, 0.4) is 0 Å². The summed E-state index contributed by atoms with van der Waals surface area (Å²) in [7, 11) is 0. The van der Waals surface area contributed by atoms with E-state index in [2.05, 4.69) is 69.3 Å². The van der Waals surface area contributed by atoms with Crippen LogP contribution in [-0.4, -0.2) is 11.0 Å². The Balaban J connectivity index is 1.93. The third-order valence-electron chi connectivity index (χ3n) is 3.66. The van der Waals surface area contributed by atoms with Gasteiger partial charge in [0.05, 0.1) is 0 Å². The fraction of sp³-hybridized carbons (Fsp3) is 0.400. The van der Waals surface area contributed by atoms with Crippen LogP contribution in [0.1, 0.15) is 37.3 Å². The fourth-order valence-electron chi connectivity index (χ4n) is 2.24. The van der Waals surface area contributed by atoms with Crippen LogP contribution in [0.5, 0.6) is 0 Å². The van der Waals surface area contributed by atoms with Crippen molar-refractivity contribution in [1.29, 1.82) is 0 Å². The number of rotatable bonds is 8. The van der Waals surface area contributed by atoms with E-state index in [1.165, 1.54) is 45.9 Å². The van der Waals surface area contributed by atoms with Crippen molar-refractivity contribution < 1.29 is 0 Å². The zero-order valence-electron chi connectivity index (χ0n) is 13.8. The minimum Gasteiger partial charge on any atom is -0.125 e. The van der Waals surface area contributed by atoms with E-state index in [0.29, 0.717) is 5.25 Å². The highest BCUT2D eigenvalue weighted by molar-refractivity contribution is 8.03. The topological polar surface area (TPSA) is 0 Å². The highest BCUT2D eigenvalue weighted by Gasteiger charge is 2.11. The lowest BCUT2D eigenvalue weighted by atomic mass is 10.2. The van der Waals surface area contributed by atoms with Crippen LogP contribution in [0, 0.1) is 13.8 Å². The highest BCUT2D eigenvalue weighted by Crippen LogP contribution is 2.31. The van der Waals surface area contributed by atoms with Gasteiger partial charge in [0.25, 0.3) is 0 Å². The quantitative estimate of drug-likeness (QED) is 0.491. The van der Waals surface area contributed by atoms with Crippen molar-refractivity contribution in [3.8, 4) is 0 Å². The van der Waals surface area contributed by atoms with Crippen LogP contribution in [0.4, 0.5) is 0 Å². The molecular formula is C20H26S2. The van der Waals surface area contributed by atoms with Gasteiger partial charge in [-0.25, -0.2) is 0 Å². The van der Waals surface area contributed by atoms with E-state index in [1.807, 2.05) is 23.5 Å². The molecule has 0 aliphatic carbocycles. The second-order valence-corrected chi connectivity index (χ2v) is 8.29. The average molecular weight is 331 g/mol. The van der Waals surface area contributed by atoms with Gasteiger partial charge in [0.2, 0.25) is 0 Å². The lowest BCUT2D eigenvalue weighted by molar-refractivity contribution is 0.717. The molecule has 118 valence electrons. The molecule has 0 N–H and O–H groups in total. The largest absolute Gasteiger partial charge is 0.125 e. The minimum atomic E-state index is 0.689. The number of benzene rings is 2. The second-order valence-electron chi connectivity index (χ2n) is 5.82. The normalized spacial score (nSPS) is 12.3. The van der Waals surface area contributed by atoms with Crippen LogP contribution in [-0.2, 0) is 0 Å². The predicted molar refractivity (Wildman–Crippen MR) is 102 cm³/mol. The molecule has 0 radical (unpaired) electrons. The van der Waals surface area contributed by atoms with E-state index in [-0.39, 0.29) is 0 Å². The van der Waals surface area contributed by atoms with Crippen molar-refractivity contribution in [2.75, 3.05) is 5.75 Å². The molecule has 1 unspecified atom stereocenters. The molecule has 0 heterocycles. The van der Waals surface area contributed by atoms with Gasteiger partial charge in [-0.2, -0.15) is 0 Å². The fourth-order valence-corrected chi connectivity index (χ4v) is 4.55. The van der Waals surface area contributed by atoms with Crippen LogP contribution in [0.15, 0.2) is 58.3 Å². The Morgan fingerprint density at radius 2 is 1.36 bits per heavy atom. The second kappa shape index (κ2) is 9.32. The first kappa shape index (κ1) is 17.5. The standard InChI is InChI=1S/C20H26S2/c1-4-5-6-20(22-19-13-9-17(3)10-14-19)15-21-18-11-7-16(2)8-12-18/h7-14,20H,4-6,15H2,1-3H3. The Morgan fingerprint density at radius 3 is 1.91 bits per heavy atom. The highest BCUT2D eigenvalue weighted by atomic mass is 32.2. The molecule has 0 saturated heterocycles. The summed E-state index contributed by atoms with van der Waals surface area (Å²) < 4.78 is 0. The molecule has 0 nitrogen and oxygen atoms in total. The molecule has 0 amide bonds. The minimum absolute atomic E-state index is 0.689. The van der Waals surface area contributed by atoms with Crippen LogP contribution < -0.4 is 0 Å². The Labute approximate surface area is 144 Å². The van der Waals surface area contributed by atoms with Gasteiger partial charge in [-0.05, 0) is 44.5 Å². The molecule has 2 heteroatoms. The summed E-state index contributed by atoms with van der Waals surface area (Å²) in [5, 5.41) is 0.689. The predicted octanol–water partition coefficient (Wildman–Crippen LogP) is 6.75. The van der Waals surface area contributed by atoms with Crippen LogP contribution in [0.2, 0.25) is 0 Å². The van der Waals surface area contributed by atoms with Gasteiger partial charge in [-0.3, -0.25) is 0 Å². The van der Waals surface area contributed by atoms with E-state index in [4.69, 9.17) is 0 Å². The molecule has 0 aliphatic rings. The summed E-state index contributed by atoms with van der Waals surface area (Å²) >= 11 is 4.03. The maximum atomic E-state index is 2.28. The van der Waals surface area contributed by atoms with Crippen LogP contribution >= 0.6 is 23.5 Å². The van der Waals surface area contributed by atoms with Gasteiger partial charge in [0, 0.05) is 20.8 Å². The van der Waals surface area contributed by atoms with Crippen molar-refractivity contribution in [2.24, 2.45) is 0 Å². The third kappa shape index (κ3) is 6.10. The Bertz CT molecular complexity index is 543. The molecule has 0 saturated carbocycles. The third-order valence-corrected chi connectivity index (χ3v) is 6.33. The summed E-state index contributed by atoms with van der Waals surface area (Å²) in [6, 6.07) is 17.8. The number of aryl methyl sites for hydroxylation is 2. The van der Waals surface area contributed by atoms with E-state index < -0.39 is 0 Å². The van der Waals surface area contributed by atoms with E-state index in [1.54, 1.807) is 0 Å². The van der Waals surface area contributed by atoms with Gasteiger partial charge >= 0.3 is 0 Å². The number of thioether (sulfide) groups is 2. The Hall–Kier alpha value is -0.860. The summed E-state index contributed by atoms with van der Waals surface area (Å²) in [6.45, 7) is 6.57. The molecule has 0 spiro atoms. The first-order valence-electron chi connectivity index (χ1n) is 8.10. The summed E-state index contributed by atoms with van der Waals surface area (Å²) in [5.41, 5.74) is 2.67. The van der Waals surface area contributed by atoms with Crippen molar-refractivity contribution >= 4 is 23.5 Å². The van der Waals surface area contributed by atoms with Gasteiger partial charge < -0.3 is 0 Å². The molecule has 0 bridgehead atoms. The molecule has 2 aromatic carbocycles. The van der Waals surface area contributed by atoms with Gasteiger partial charge in [0.15, 0.2) is 0 Å². The maximum Gasteiger partial charge on any atom is 0.0188 e. The van der Waals surface area contributed by atoms with Crippen LogP contribution in [0.25, 0.3) is 0 Å². The van der Waals surface area contributed by atoms with Gasteiger partial charge in [-0.15, -0.1) is 23.5 Å². The lowest BCUT2D eigenvalue weighted by Crippen LogP contribution is -2.06. The number of unbranched alkanes of at least 4 members (excludes halogenated alkanes) is 1. The zero-order valence-corrected chi connectivity index (χ0v) is 15.5. The molecule has 1 atom stereocenters. The molecule has 0 aromatic heterocycles. The summed E-state index contributed by atoms with van der Waals surface area (Å²) in [6.07, 6.45) is 3.89. The smallest absolute Gasteiger partial charge is 0.0188 e. The van der Waals surface area contributed by atoms with Gasteiger partial charge in [0.1, 0.15) is 0 Å². The van der Waals surface area contributed by atoms with Gasteiger partial charge in [-0.1, -0.05) is 55.2 Å². The lowest BCUT2D eigenvalue weighted by Gasteiger charge is -2.16. The molecule has 2 rings (SSSR count). The van der Waals surface area contributed by atoms with Crippen molar-refractivity contribution in [3.63, 3.8) is 0 Å². The summed E-state index contributed by atoms with van der Waals surface area (Å²) in [5.74, 6) is 1.18. The van der Waals surface area contributed by atoms with E-state index >= 15 is 0 Å². The summed E-state index contributed by atoms with van der Waals surface area (Å²) in [4.78, 5) is 2.79. The first-order valence-corrected chi connectivity index (χ1v) is 9.96. The molecule has 0 aliphatic heterocycles. The monoisotopic (exact) mass is 330 g/mol. The SMILES string of the molecule is CCCCC(CSc1ccc(C)cc1)Sc1ccc(C)cc1. The molecule has 0 fully saturated rings. The molecular weight excluding hydrogens is 304 g/mol. The van der Waals surface area contributed by atoms with Crippen molar-refractivity contribution in [2.45, 2.75) is 55.1 Å².